The molecular formula is C25H26N4O4. The van der Waals surface area contributed by atoms with Crippen molar-refractivity contribution in [3.05, 3.63) is 106 Å². The van der Waals surface area contributed by atoms with E-state index in [4.69, 9.17) is 0 Å². The zero-order valence-electron chi connectivity index (χ0n) is 18.4. The van der Waals surface area contributed by atoms with Gasteiger partial charge < -0.3 is 10.2 Å². The van der Waals surface area contributed by atoms with Gasteiger partial charge in [-0.15, -0.1) is 0 Å². The van der Waals surface area contributed by atoms with E-state index in [-0.39, 0.29) is 23.7 Å². The van der Waals surface area contributed by atoms with Crippen LogP contribution in [0.5, 0.6) is 0 Å². The SMILES string of the molecule is CCCCNC(=O)C(c1ccccn1)N(Cc1ccccc1)C(=O)c1ccc([N+](=O)[O-])cc1. The molecule has 1 atom stereocenters. The molecule has 0 aliphatic heterocycles. The van der Waals surface area contributed by atoms with Gasteiger partial charge in [0.1, 0.15) is 0 Å². The molecule has 33 heavy (non-hydrogen) atoms. The summed E-state index contributed by atoms with van der Waals surface area (Å²) in [5.41, 5.74) is 1.42. The van der Waals surface area contributed by atoms with E-state index in [0.29, 0.717) is 12.2 Å². The third-order valence-electron chi connectivity index (χ3n) is 5.14. The van der Waals surface area contributed by atoms with Gasteiger partial charge in [-0.1, -0.05) is 49.7 Å². The number of amides is 2. The molecule has 1 aromatic heterocycles. The van der Waals surface area contributed by atoms with Crippen molar-refractivity contribution in [3.8, 4) is 0 Å². The molecule has 1 N–H and O–H groups in total. The first-order valence-corrected chi connectivity index (χ1v) is 10.8. The number of hydrogen-bond donors (Lipinski definition) is 1. The van der Waals surface area contributed by atoms with Gasteiger partial charge in [-0.2, -0.15) is 0 Å². The molecule has 0 fully saturated rings. The molecule has 0 aliphatic carbocycles. The van der Waals surface area contributed by atoms with Gasteiger partial charge in [0.25, 0.3) is 11.6 Å². The lowest BCUT2D eigenvalue weighted by atomic mass is 10.1. The van der Waals surface area contributed by atoms with Crippen LogP contribution in [0.1, 0.15) is 47.4 Å². The Kier molecular flexibility index (Phi) is 8.24. The minimum Gasteiger partial charge on any atom is -0.354 e. The van der Waals surface area contributed by atoms with Gasteiger partial charge in [0, 0.05) is 37.0 Å². The highest BCUT2D eigenvalue weighted by molar-refractivity contribution is 5.98. The van der Waals surface area contributed by atoms with Crippen LogP contribution in [0.25, 0.3) is 0 Å². The van der Waals surface area contributed by atoms with Gasteiger partial charge in [0.15, 0.2) is 6.04 Å². The Morgan fingerprint density at radius 3 is 2.33 bits per heavy atom. The van der Waals surface area contributed by atoms with E-state index in [1.165, 1.54) is 29.2 Å². The first kappa shape index (κ1) is 23.6. The minimum atomic E-state index is -0.967. The largest absolute Gasteiger partial charge is 0.354 e. The van der Waals surface area contributed by atoms with E-state index in [0.717, 1.165) is 18.4 Å². The smallest absolute Gasteiger partial charge is 0.269 e. The fourth-order valence-corrected chi connectivity index (χ4v) is 3.41. The van der Waals surface area contributed by atoms with Gasteiger partial charge in [0.2, 0.25) is 5.91 Å². The molecule has 0 saturated heterocycles. The van der Waals surface area contributed by atoms with E-state index in [1.54, 1.807) is 24.4 Å². The van der Waals surface area contributed by atoms with Crippen LogP contribution < -0.4 is 5.32 Å². The number of pyridine rings is 1. The number of carbonyl (C=O) groups excluding carboxylic acids is 2. The van der Waals surface area contributed by atoms with Crippen LogP contribution in [0.2, 0.25) is 0 Å². The van der Waals surface area contributed by atoms with E-state index in [9.17, 15) is 19.7 Å². The summed E-state index contributed by atoms with van der Waals surface area (Å²) in [6.07, 6.45) is 3.32. The summed E-state index contributed by atoms with van der Waals surface area (Å²) < 4.78 is 0. The lowest BCUT2D eigenvalue weighted by Gasteiger charge is -2.31. The number of carbonyl (C=O) groups is 2. The van der Waals surface area contributed by atoms with Crippen LogP contribution in [0.3, 0.4) is 0 Å². The Bertz CT molecular complexity index is 1070. The molecule has 0 spiro atoms. The van der Waals surface area contributed by atoms with Crippen LogP contribution in [-0.2, 0) is 11.3 Å². The highest BCUT2D eigenvalue weighted by atomic mass is 16.6. The molecule has 0 radical (unpaired) electrons. The summed E-state index contributed by atoms with van der Waals surface area (Å²) in [5.74, 6) is -0.747. The Morgan fingerprint density at radius 1 is 1.03 bits per heavy atom. The van der Waals surface area contributed by atoms with E-state index >= 15 is 0 Å². The van der Waals surface area contributed by atoms with Crippen molar-refractivity contribution in [2.75, 3.05) is 6.54 Å². The maximum Gasteiger partial charge on any atom is 0.269 e. The average molecular weight is 447 g/mol. The molecule has 0 aliphatic rings. The minimum absolute atomic E-state index is 0.111. The number of hydrogen-bond acceptors (Lipinski definition) is 5. The van der Waals surface area contributed by atoms with E-state index in [1.807, 2.05) is 37.3 Å². The van der Waals surface area contributed by atoms with E-state index in [2.05, 4.69) is 10.3 Å². The van der Waals surface area contributed by atoms with E-state index < -0.39 is 16.9 Å². The van der Waals surface area contributed by atoms with Crippen molar-refractivity contribution < 1.29 is 14.5 Å². The second-order valence-electron chi connectivity index (χ2n) is 7.52. The number of nitrogens with zero attached hydrogens (tertiary/aromatic N) is 3. The average Bonchev–Trinajstić information content (AvgIpc) is 2.85. The quantitative estimate of drug-likeness (QED) is 0.284. The predicted octanol–water partition coefficient (Wildman–Crippen LogP) is 4.29. The number of unbranched alkanes of at least 4 members (excludes halogenated alkanes) is 1. The fourth-order valence-electron chi connectivity index (χ4n) is 3.41. The van der Waals surface area contributed by atoms with Crippen LogP contribution in [0, 0.1) is 10.1 Å². The zero-order chi connectivity index (χ0) is 23.6. The number of nitro groups is 1. The Labute approximate surface area is 192 Å². The monoisotopic (exact) mass is 446 g/mol. The third kappa shape index (κ3) is 6.22. The molecule has 0 saturated carbocycles. The highest BCUT2D eigenvalue weighted by Gasteiger charge is 2.33. The third-order valence-corrected chi connectivity index (χ3v) is 5.14. The Balaban J connectivity index is 2.02. The normalized spacial score (nSPS) is 11.4. The van der Waals surface area contributed by atoms with Crippen molar-refractivity contribution in [2.24, 2.45) is 0 Å². The maximum absolute atomic E-state index is 13.6. The van der Waals surface area contributed by atoms with Gasteiger partial charge in [-0.05, 0) is 36.2 Å². The predicted molar refractivity (Wildman–Crippen MR) is 124 cm³/mol. The topological polar surface area (TPSA) is 105 Å². The number of rotatable bonds is 10. The summed E-state index contributed by atoms with van der Waals surface area (Å²) in [6, 6.07) is 19.0. The number of benzene rings is 2. The molecule has 3 aromatic rings. The van der Waals surface area contributed by atoms with Gasteiger partial charge in [0.05, 0.1) is 10.6 Å². The van der Waals surface area contributed by atoms with Gasteiger partial charge >= 0.3 is 0 Å². The van der Waals surface area contributed by atoms with Crippen LogP contribution in [0.15, 0.2) is 79.0 Å². The van der Waals surface area contributed by atoms with Gasteiger partial charge in [-0.25, -0.2) is 0 Å². The fraction of sp³-hybridized carbons (Fsp3) is 0.240. The van der Waals surface area contributed by atoms with Crippen molar-refractivity contribution in [2.45, 2.75) is 32.4 Å². The Morgan fingerprint density at radius 2 is 1.73 bits per heavy atom. The first-order chi connectivity index (χ1) is 16.0. The summed E-state index contributed by atoms with van der Waals surface area (Å²) >= 11 is 0. The second-order valence-corrected chi connectivity index (χ2v) is 7.52. The van der Waals surface area contributed by atoms with Crippen LogP contribution >= 0.6 is 0 Å². The molecule has 3 rings (SSSR count). The lowest BCUT2D eigenvalue weighted by molar-refractivity contribution is -0.384. The second kappa shape index (κ2) is 11.5. The van der Waals surface area contributed by atoms with Crippen molar-refractivity contribution >= 4 is 17.5 Å². The zero-order valence-corrected chi connectivity index (χ0v) is 18.4. The molecule has 2 amide bonds. The van der Waals surface area contributed by atoms with Crippen molar-refractivity contribution in [1.82, 2.24) is 15.2 Å². The molecule has 8 heteroatoms. The molecule has 1 unspecified atom stereocenters. The molecule has 170 valence electrons. The number of non-ortho nitro benzene ring substituents is 1. The summed E-state index contributed by atoms with van der Waals surface area (Å²) in [6.45, 7) is 2.69. The highest BCUT2D eigenvalue weighted by Crippen LogP contribution is 2.25. The molecule has 2 aromatic carbocycles. The van der Waals surface area contributed by atoms with Crippen LogP contribution in [0.4, 0.5) is 5.69 Å². The molecule has 8 nitrogen and oxygen atoms in total. The number of nitrogens with one attached hydrogen (secondary N) is 1. The maximum atomic E-state index is 13.6. The van der Waals surface area contributed by atoms with Crippen molar-refractivity contribution in [3.63, 3.8) is 0 Å². The standard InChI is InChI=1S/C25H26N4O4/c1-2-3-16-27-24(30)23(22-11-7-8-17-26-22)28(18-19-9-5-4-6-10-19)25(31)20-12-14-21(15-13-20)29(32)33/h4-15,17,23H,2-3,16,18H2,1H3,(H,27,30). The van der Waals surface area contributed by atoms with Crippen LogP contribution in [-0.4, -0.2) is 33.2 Å². The molecule has 1 heterocycles. The molecular weight excluding hydrogens is 420 g/mol. The summed E-state index contributed by atoms with van der Waals surface area (Å²) in [7, 11) is 0. The van der Waals surface area contributed by atoms with Crippen molar-refractivity contribution in [1.29, 1.82) is 0 Å². The summed E-state index contributed by atoms with van der Waals surface area (Å²) in [4.78, 5) is 43.2. The Hall–Kier alpha value is -4.07. The van der Waals surface area contributed by atoms with Gasteiger partial charge in [-0.3, -0.25) is 24.7 Å². The summed E-state index contributed by atoms with van der Waals surface area (Å²) in [5, 5.41) is 13.9. The number of nitro benzene ring substituents is 1. The molecule has 0 bridgehead atoms. The number of aromatic nitrogens is 1. The lowest BCUT2D eigenvalue weighted by Crippen LogP contribution is -2.44. The first-order valence-electron chi connectivity index (χ1n) is 10.8.